The first-order chi connectivity index (χ1) is 12.1. The maximum atomic E-state index is 3.68. The van der Waals surface area contributed by atoms with E-state index in [2.05, 4.69) is 121 Å². The van der Waals surface area contributed by atoms with Crippen molar-refractivity contribution in [3.05, 3.63) is 105 Å². The van der Waals surface area contributed by atoms with Crippen LogP contribution in [0.5, 0.6) is 0 Å². The first-order valence-electron chi connectivity index (χ1n) is 8.39. The van der Waals surface area contributed by atoms with Gasteiger partial charge in [0.25, 0.3) is 0 Å². The largest absolute Gasteiger partial charge is 0.0587 e. The van der Waals surface area contributed by atoms with Gasteiger partial charge in [0.1, 0.15) is 0 Å². The van der Waals surface area contributed by atoms with E-state index in [4.69, 9.17) is 0 Å². The minimum Gasteiger partial charge on any atom is -0.0587 e. The van der Waals surface area contributed by atoms with Crippen molar-refractivity contribution in [1.29, 1.82) is 0 Å². The van der Waals surface area contributed by atoms with E-state index in [0.29, 0.717) is 0 Å². The van der Waals surface area contributed by atoms with Gasteiger partial charge >= 0.3 is 0 Å². The predicted molar refractivity (Wildman–Crippen MR) is 114 cm³/mol. The lowest BCUT2D eigenvalue weighted by molar-refractivity contribution is 1.46. The standard InChI is InChI=1S/C24H21Br/c1-18-3-7-20(8-4-18)11-12-22-14-16-23(24(25)17-22)15-13-21-9-5-19(2)6-10-21/h3-17H,1-2H3/b12-11+,15-13+. The lowest BCUT2D eigenvalue weighted by Crippen LogP contribution is -1.80. The van der Waals surface area contributed by atoms with Gasteiger partial charge in [-0.25, -0.2) is 0 Å². The van der Waals surface area contributed by atoms with Crippen LogP contribution in [0.3, 0.4) is 0 Å². The first kappa shape index (κ1) is 17.4. The summed E-state index contributed by atoms with van der Waals surface area (Å²) in [5.74, 6) is 0. The molecule has 0 aliphatic carbocycles. The van der Waals surface area contributed by atoms with Crippen LogP contribution < -0.4 is 0 Å². The van der Waals surface area contributed by atoms with Gasteiger partial charge in [-0.2, -0.15) is 0 Å². The fraction of sp³-hybridized carbons (Fsp3) is 0.0833. The topological polar surface area (TPSA) is 0 Å². The van der Waals surface area contributed by atoms with E-state index in [9.17, 15) is 0 Å². The number of hydrogen-bond acceptors (Lipinski definition) is 0. The van der Waals surface area contributed by atoms with Crippen molar-refractivity contribution in [1.82, 2.24) is 0 Å². The average molecular weight is 389 g/mol. The lowest BCUT2D eigenvalue weighted by atomic mass is 10.1. The molecule has 0 unspecified atom stereocenters. The predicted octanol–water partition coefficient (Wildman–Crippen LogP) is 7.41. The molecule has 0 saturated heterocycles. The Kier molecular flexibility index (Phi) is 5.67. The SMILES string of the molecule is Cc1ccc(/C=C/c2ccc(/C=C/c3ccc(C)cc3)c(Br)c2)cc1. The van der Waals surface area contributed by atoms with Crippen LogP contribution in [-0.2, 0) is 0 Å². The maximum absolute atomic E-state index is 3.68. The van der Waals surface area contributed by atoms with Crippen molar-refractivity contribution in [3.8, 4) is 0 Å². The second kappa shape index (κ2) is 8.13. The summed E-state index contributed by atoms with van der Waals surface area (Å²) >= 11 is 3.68. The highest BCUT2D eigenvalue weighted by atomic mass is 79.9. The minimum atomic E-state index is 1.10. The molecular weight excluding hydrogens is 368 g/mol. The molecule has 0 aromatic heterocycles. The Labute approximate surface area is 158 Å². The molecule has 3 aromatic carbocycles. The number of rotatable bonds is 4. The minimum absolute atomic E-state index is 1.10. The van der Waals surface area contributed by atoms with E-state index < -0.39 is 0 Å². The molecule has 0 heterocycles. The molecule has 0 saturated carbocycles. The van der Waals surface area contributed by atoms with Gasteiger partial charge in [0.05, 0.1) is 0 Å². The monoisotopic (exact) mass is 388 g/mol. The lowest BCUT2D eigenvalue weighted by Gasteiger charge is -2.02. The van der Waals surface area contributed by atoms with Gasteiger partial charge in [-0.3, -0.25) is 0 Å². The van der Waals surface area contributed by atoms with E-state index in [1.165, 1.54) is 33.4 Å². The Morgan fingerprint density at radius 2 is 1.00 bits per heavy atom. The van der Waals surface area contributed by atoms with Crippen LogP contribution in [0.2, 0.25) is 0 Å². The molecule has 0 spiro atoms. The van der Waals surface area contributed by atoms with E-state index in [1.54, 1.807) is 0 Å². The number of hydrogen-bond donors (Lipinski definition) is 0. The van der Waals surface area contributed by atoms with Gasteiger partial charge in [0.15, 0.2) is 0 Å². The van der Waals surface area contributed by atoms with Crippen LogP contribution in [0.15, 0.2) is 71.2 Å². The van der Waals surface area contributed by atoms with Crippen LogP contribution in [0.1, 0.15) is 33.4 Å². The van der Waals surface area contributed by atoms with Crippen LogP contribution in [0, 0.1) is 13.8 Å². The van der Waals surface area contributed by atoms with Crippen LogP contribution in [0.4, 0.5) is 0 Å². The molecule has 3 aromatic rings. The Hall–Kier alpha value is -2.38. The van der Waals surface area contributed by atoms with Gasteiger partial charge in [-0.05, 0) is 42.2 Å². The molecule has 0 nitrogen and oxygen atoms in total. The Morgan fingerprint density at radius 3 is 1.52 bits per heavy atom. The van der Waals surface area contributed by atoms with Crippen molar-refractivity contribution in [3.63, 3.8) is 0 Å². The Morgan fingerprint density at radius 1 is 0.560 bits per heavy atom. The zero-order valence-corrected chi connectivity index (χ0v) is 16.1. The van der Waals surface area contributed by atoms with Gasteiger partial charge in [0.2, 0.25) is 0 Å². The molecule has 0 amide bonds. The molecule has 0 radical (unpaired) electrons. The van der Waals surface area contributed by atoms with Crippen LogP contribution >= 0.6 is 15.9 Å². The Bertz CT molecular complexity index is 898. The third-order valence-electron chi connectivity index (χ3n) is 4.10. The first-order valence-corrected chi connectivity index (χ1v) is 9.18. The molecule has 1 heteroatoms. The summed E-state index contributed by atoms with van der Waals surface area (Å²) in [5.41, 5.74) is 7.34. The molecular formula is C24H21Br. The average Bonchev–Trinajstić information content (AvgIpc) is 2.62. The second-order valence-electron chi connectivity index (χ2n) is 6.27. The van der Waals surface area contributed by atoms with E-state index in [0.717, 1.165) is 4.47 Å². The van der Waals surface area contributed by atoms with Gasteiger partial charge < -0.3 is 0 Å². The van der Waals surface area contributed by atoms with E-state index in [-0.39, 0.29) is 0 Å². The molecule has 25 heavy (non-hydrogen) atoms. The summed E-state index contributed by atoms with van der Waals surface area (Å²) in [7, 11) is 0. The highest BCUT2D eigenvalue weighted by Gasteiger charge is 1.97. The van der Waals surface area contributed by atoms with E-state index >= 15 is 0 Å². The summed E-state index contributed by atoms with van der Waals surface area (Å²) in [6.07, 6.45) is 8.56. The third-order valence-corrected chi connectivity index (χ3v) is 4.79. The third kappa shape index (κ3) is 5.04. The zero-order chi connectivity index (χ0) is 17.6. The summed E-state index contributed by atoms with van der Waals surface area (Å²) < 4.78 is 1.10. The quantitative estimate of drug-likeness (QED) is 0.408. The fourth-order valence-electron chi connectivity index (χ4n) is 2.52. The van der Waals surface area contributed by atoms with Crippen molar-refractivity contribution in [2.45, 2.75) is 13.8 Å². The summed E-state index contributed by atoms with van der Waals surface area (Å²) in [5, 5.41) is 0. The molecule has 0 atom stereocenters. The van der Waals surface area contributed by atoms with Crippen LogP contribution in [0.25, 0.3) is 24.3 Å². The van der Waals surface area contributed by atoms with Gasteiger partial charge in [0, 0.05) is 4.47 Å². The molecule has 0 aliphatic heterocycles. The Balaban J connectivity index is 1.74. The maximum Gasteiger partial charge on any atom is 0.0253 e. The van der Waals surface area contributed by atoms with Gasteiger partial charge in [-0.1, -0.05) is 112 Å². The van der Waals surface area contributed by atoms with Gasteiger partial charge in [-0.15, -0.1) is 0 Å². The number of aryl methyl sites for hydroxylation is 2. The van der Waals surface area contributed by atoms with Crippen molar-refractivity contribution in [2.75, 3.05) is 0 Å². The van der Waals surface area contributed by atoms with Crippen molar-refractivity contribution in [2.24, 2.45) is 0 Å². The smallest absolute Gasteiger partial charge is 0.0253 e. The molecule has 0 fully saturated rings. The van der Waals surface area contributed by atoms with Crippen molar-refractivity contribution < 1.29 is 0 Å². The van der Waals surface area contributed by atoms with E-state index in [1.807, 2.05) is 0 Å². The van der Waals surface area contributed by atoms with Crippen molar-refractivity contribution >= 4 is 40.2 Å². The zero-order valence-electron chi connectivity index (χ0n) is 14.5. The number of benzene rings is 3. The fourth-order valence-corrected chi connectivity index (χ4v) is 3.04. The summed E-state index contributed by atoms with van der Waals surface area (Å²) in [6, 6.07) is 23.5. The van der Waals surface area contributed by atoms with Crippen LogP contribution in [-0.4, -0.2) is 0 Å². The molecule has 0 aliphatic rings. The normalized spacial score (nSPS) is 11.5. The molecule has 124 valence electrons. The molecule has 0 N–H and O–H groups in total. The molecule has 3 rings (SSSR count). The highest BCUT2D eigenvalue weighted by molar-refractivity contribution is 9.10. The summed E-state index contributed by atoms with van der Waals surface area (Å²) in [4.78, 5) is 0. The number of halogens is 1. The molecule has 0 bridgehead atoms. The highest BCUT2D eigenvalue weighted by Crippen LogP contribution is 2.22. The summed E-state index contributed by atoms with van der Waals surface area (Å²) in [6.45, 7) is 4.21. The second-order valence-corrected chi connectivity index (χ2v) is 7.12.